The number of ether oxygens (including phenoxy) is 2. The zero-order chi connectivity index (χ0) is 13.0. The second-order valence-electron chi connectivity index (χ2n) is 4.21. The van der Waals surface area contributed by atoms with Crippen molar-refractivity contribution in [2.24, 2.45) is 0 Å². The largest absolute Gasteiger partial charge is 0.354 e. The monoisotopic (exact) mass is 249 g/mol. The number of hydrogen-bond donors (Lipinski definition) is 2. The predicted octanol–water partition coefficient (Wildman–Crippen LogP) is 1.66. The summed E-state index contributed by atoms with van der Waals surface area (Å²) in [5, 5.41) is 3.32. The number of nitrogens with zero attached hydrogens (tertiary/aromatic N) is 1. The minimum atomic E-state index is -0.255. The standard InChI is InChI=1S/C13H19N3O2/c1-9(13(17-2)18-3)14-8-12-15-10-6-4-5-7-11(10)16-12/h4-7,9,13-14H,8H2,1-3H3,(H,15,16). The van der Waals surface area contributed by atoms with E-state index < -0.39 is 0 Å². The molecule has 0 fully saturated rings. The highest BCUT2D eigenvalue weighted by Gasteiger charge is 2.15. The van der Waals surface area contributed by atoms with Crippen LogP contribution in [0.5, 0.6) is 0 Å². The molecule has 0 saturated carbocycles. The lowest BCUT2D eigenvalue weighted by Crippen LogP contribution is -2.39. The maximum atomic E-state index is 5.19. The van der Waals surface area contributed by atoms with Crippen molar-refractivity contribution in [2.45, 2.75) is 25.8 Å². The number of fused-ring (bicyclic) bond motifs is 1. The van der Waals surface area contributed by atoms with Gasteiger partial charge in [-0.25, -0.2) is 4.98 Å². The van der Waals surface area contributed by atoms with Crippen LogP contribution < -0.4 is 5.32 Å². The molecule has 2 N–H and O–H groups in total. The van der Waals surface area contributed by atoms with Gasteiger partial charge < -0.3 is 19.8 Å². The second kappa shape index (κ2) is 5.95. The van der Waals surface area contributed by atoms with Crippen molar-refractivity contribution in [3.8, 4) is 0 Å². The Balaban J connectivity index is 1.97. The Labute approximate surface area is 107 Å². The molecule has 0 aliphatic carbocycles. The predicted molar refractivity (Wildman–Crippen MR) is 70.2 cm³/mol. The van der Waals surface area contributed by atoms with Crippen molar-refractivity contribution in [2.75, 3.05) is 14.2 Å². The summed E-state index contributed by atoms with van der Waals surface area (Å²) < 4.78 is 10.4. The summed E-state index contributed by atoms with van der Waals surface area (Å²) in [5.74, 6) is 0.911. The average Bonchev–Trinajstić information content (AvgIpc) is 2.80. The quantitative estimate of drug-likeness (QED) is 0.764. The van der Waals surface area contributed by atoms with Gasteiger partial charge in [-0.1, -0.05) is 12.1 Å². The van der Waals surface area contributed by atoms with E-state index in [0.29, 0.717) is 6.54 Å². The lowest BCUT2D eigenvalue weighted by Gasteiger charge is -2.21. The number of hydrogen-bond acceptors (Lipinski definition) is 4. The maximum absolute atomic E-state index is 5.19. The van der Waals surface area contributed by atoms with Gasteiger partial charge in [0.2, 0.25) is 0 Å². The summed E-state index contributed by atoms with van der Waals surface area (Å²) in [4.78, 5) is 7.77. The van der Waals surface area contributed by atoms with Crippen LogP contribution in [0.3, 0.4) is 0 Å². The van der Waals surface area contributed by atoms with Crippen molar-refractivity contribution < 1.29 is 9.47 Å². The van der Waals surface area contributed by atoms with Crippen molar-refractivity contribution in [1.82, 2.24) is 15.3 Å². The fourth-order valence-electron chi connectivity index (χ4n) is 1.95. The minimum absolute atomic E-state index is 0.0909. The molecule has 5 heteroatoms. The highest BCUT2D eigenvalue weighted by Crippen LogP contribution is 2.10. The molecule has 5 nitrogen and oxygen atoms in total. The van der Waals surface area contributed by atoms with Crippen LogP contribution >= 0.6 is 0 Å². The number of rotatable bonds is 6. The first-order chi connectivity index (χ1) is 8.74. The molecule has 98 valence electrons. The highest BCUT2D eigenvalue weighted by molar-refractivity contribution is 5.74. The van der Waals surface area contributed by atoms with Crippen molar-refractivity contribution in [3.05, 3.63) is 30.1 Å². The average molecular weight is 249 g/mol. The highest BCUT2D eigenvalue weighted by atomic mass is 16.7. The number of aromatic amines is 1. The molecule has 2 rings (SSSR count). The molecule has 0 bridgehead atoms. The van der Waals surface area contributed by atoms with E-state index in [9.17, 15) is 0 Å². The molecular weight excluding hydrogens is 230 g/mol. The zero-order valence-electron chi connectivity index (χ0n) is 10.9. The summed E-state index contributed by atoms with van der Waals surface area (Å²) in [6.07, 6.45) is -0.255. The first-order valence-corrected chi connectivity index (χ1v) is 5.97. The molecule has 0 amide bonds. The molecule has 0 spiro atoms. The molecule has 0 aliphatic rings. The molecule has 2 aromatic rings. The molecule has 1 unspecified atom stereocenters. The van der Waals surface area contributed by atoms with E-state index in [1.54, 1.807) is 14.2 Å². The molecule has 0 aliphatic heterocycles. The maximum Gasteiger partial charge on any atom is 0.171 e. The van der Waals surface area contributed by atoms with Gasteiger partial charge in [0.05, 0.1) is 23.6 Å². The summed E-state index contributed by atoms with van der Waals surface area (Å²) in [6, 6.07) is 8.07. The third kappa shape index (κ3) is 2.87. The van der Waals surface area contributed by atoms with Crippen molar-refractivity contribution >= 4 is 11.0 Å². The van der Waals surface area contributed by atoms with Gasteiger partial charge in [-0.15, -0.1) is 0 Å². The molecule has 0 saturated heterocycles. The van der Waals surface area contributed by atoms with Gasteiger partial charge in [-0.05, 0) is 19.1 Å². The number of nitrogens with one attached hydrogen (secondary N) is 2. The molecule has 18 heavy (non-hydrogen) atoms. The fraction of sp³-hybridized carbons (Fsp3) is 0.462. The van der Waals surface area contributed by atoms with Gasteiger partial charge in [0.1, 0.15) is 5.82 Å². The third-order valence-electron chi connectivity index (χ3n) is 2.90. The van der Waals surface area contributed by atoms with Crippen LogP contribution in [0.15, 0.2) is 24.3 Å². The minimum Gasteiger partial charge on any atom is -0.354 e. The Hall–Kier alpha value is -1.43. The van der Waals surface area contributed by atoms with Gasteiger partial charge in [0.25, 0.3) is 0 Å². The Morgan fingerprint density at radius 1 is 1.28 bits per heavy atom. The van der Waals surface area contributed by atoms with E-state index in [4.69, 9.17) is 9.47 Å². The van der Waals surface area contributed by atoms with Crippen LogP contribution in [-0.4, -0.2) is 36.5 Å². The number of benzene rings is 1. The molecule has 1 atom stereocenters. The van der Waals surface area contributed by atoms with Crippen LogP contribution in [-0.2, 0) is 16.0 Å². The summed E-state index contributed by atoms with van der Waals surface area (Å²) in [6.45, 7) is 2.67. The van der Waals surface area contributed by atoms with Gasteiger partial charge in [0.15, 0.2) is 6.29 Å². The van der Waals surface area contributed by atoms with Gasteiger partial charge >= 0.3 is 0 Å². The van der Waals surface area contributed by atoms with Crippen LogP contribution in [0, 0.1) is 0 Å². The summed E-state index contributed by atoms with van der Waals surface area (Å²) >= 11 is 0. The number of imidazole rings is 1. The fourth-order valence-corrected chi connectivity index (χ4v) is 1.95. The smallest absolute Gasteiger partial charge is 0.171 e. The zero-order valence-corrected chi connectivity index (χ0v) is 10.9. The van der Waals surface area contributed by atoms with Crippen LogP contribution in [0.1, 0.15) is 12.7 Å². The first kappa shape index (κ1) is 13.0. The van der Waals surface area contributed by atoms with Crippen molar-refractivity contribution in [1.29, 1.82) is 0 Å². The number of para-hydroxylation sites is 2. The Morgan fingerprint density at radius 3 is 2.67 bits per heavy atom. The second-order valence-corrected chi connectivity index (χ2v) is 4.21. The van der Waals surface area contributed by atoms with E-state index in [1.165, 1.54) is 0 Å². The molecule has 1 heterocycles. The van der Waals surface area contributed by atoms with E-state index in [2.05, 4.69) is 15.3 Å². The van der Waals surface area contributed by atoms with Gasteiger partial charge in [-0.2, -0.15) is 0 Å². The van der Waals surface area contributed by atoms with Crippen molar-refractivity contribution in [3.63, 3.8) is 0 Å². The van der Waals surface area contributed by atoms with Crippen LogP contribution in [0.25, 0.3) is 11.0 Å². The summed E-state index contributed by atoms with van der Waals surface area (Å²) in [7, 11) is 3.26. The van der Waals surface area contributed by atoms with E-state index in [1.807, 2.05) is 31.2 Å². The van der Waals surface area contributed by atoms with Gasteiger partial charge in [0, 0.05) is 14.2 Å². The molecule has 1 aromatic heterocycles. The van der Waals surface area contributed by atoms with E-state index in [-0.39, 0.29) is 12.3 Å². The Bertz CT molecular complexity index is 461. The number of aromatic nitrogens is 2. The SMILES string of the molecule is COC(OC)C(C)NCc1nc2ccccc2[nH]1. The Morgan fingerprint density at radius 2 is 2.00 bits per heavy atom. The molecule has 0 radical (unpaired) electrons. The molecule has 1 aromatic carbocycles. The lowest BCUT2D eigenvalue weighted by molar-refractivity contribution is -0.119. The lowest BCUT2D eigenvalue weighted by atomic mass is 10.3. The topological polar surface area (TPSA) is 59.2 Å². The summed E-state index contributed by atoms with van der Waals surface area (Å²) in [5.41, 5.74) is 2.04. The number of H-pyrrole nitrogens is 1. The normalized spacial score (nSPS) is 13.3. The van der Waals surface area contributed by atoms with E-state index >= 15 is 0 Å². The first-order valence-electron chi connectivity index (χ1n) is 5.97. The van der Waals surface area contributed by atoms with Crippen LogP contribution in [0.4, 0.5) is 0 Å². The Kier molecular flexibility index (Phi) is 4.30. The molecular formula is C13H19N3O2. The van der Waals surface area contributed by atoms with E-state index in [0.717, 1.165) is 16.9 Å². The number of methoxy groups -OCH3 is 2. The van der Waals surface area contributed by atoms with Crippen LogP contribution in [0.2, 0.25) is 0 Å². The van der Waals surface area contributed by atoms with Gasteiger partial charge in [-0.3, -0.25) is 0 Å². The third-order valence-corrected chi connectivity index (χ3v) is 2.90.